The van der Waals surface area contributed by atoms with Crippen LogP contribution in [0.1, 0.15) is 42.6 Å². The number of carbonyl (C=O) groups is 1. The van der Waals surface area contributed by atoms with E-state index in [0.29, 0.717) is 29.6 Å². The van der Waals surface area contributed by atoms with E-state index in [1.54, 1.807) is 30.3 Å². The molecule has 8 nitrogen and oxygen atoms in total. The van der Waals surface area contributed by atoms with Crippen molar-refractivity contribution in [2.24, 2.45) is 0 Å². The van der Waals surface area contributed by atoms with E-state index in [9.17, 15) is 13.2 Å². The summed E-state index contributed by atoms with van der Waals surface area (Å²) in [5.74, 6) is 0.354. The van der Waals surface area contributed by atoms with Gasteiger partial charge in [0.15, 0.2) is 5.03 Å². The first-order valence-electron chi connectivity index (χ1n) is 9.50. The van der Waals surface area contributed by atoms with Gasteiger partial charge in [-0.3, -0.25) is 14.6 Å². The number of nitrogens with one attached hydrogen (secondary N) is 3. The summed E-state index contributed by atoms with van der Waals surface area (Å²) in [5.41, 5.74) is 1.90. The number of ether oxygens (including phenoxy) is 1. The molecule has 0 aliphatic heterocycles. The molecular formula is C21H24N4O4S. The van der Waals surface area contributed by atoms with Crippen LogP contribution in [0.4, 0.5) is 11.4 Å². The molecule has 2 aromatic carbocycles. The average molecular weight is 429 g/mol. The van der Waals surface area contributed by atoms with Crippen LogP contribution in [0.5, 0.6) is 5.75 Å². The summed E-state index contributed by atoms with van der Waals surface area (Å²) in [7, 11) is -4.05. The third kappa shape index (κ3) is 4.98. The fourth-order valence-corrected chi connectivity index (χ4v) is 3.96. The van der Waals surface area contributed by atoms with Gasteiger partial charge in [-0.15, -0.1) is 0 Å². The highest BCUT2D eigenvalue weighted by molar-refractivity contribution is 7.92. The van der Waals surface area contributed by atoms with Gasteiger partial charge in [0.05, 0.1) is 18.4 Å². The Hall–Kier alpha value is -3.33. The lowest BCUT2D eigenvalue weighted by Gasteiger charge is -2.11. The molecule has 0 spiro atoms. The largest absolute Gasteiger partial charge is 0.494 e. The molecule has 3 N–H and O–H groups in total. The van der Waals surface area contributed by atoms with Gasteiger partial charge in [0.1, 0.15) is 5.75 Å². The maximum atomic E-state index is 12.8. The third-order valence-corrected chi connectivity index (χ3v) is 5.70. The van der Waals surface area contributed by atoms with Crippen LogP contribution >= 0.6 is 0 Å². The Morgan fingerprint density at radius 2 is 1.87 bits per heavy atom. The number of anilines is 2. The first-order chi connectivity index (χ1) is 14.3. The van der Waals surface area contributed by atoms with Crippen molar-refractivity contribution in [3.05, 3.63) is 65.9 Å². The number of amides is 1. The topological polar surface area (TPSA) is 113 Å². The number of hydrogen-bond donors (Lipinski definition) is 3. The number of rotatable bonds is 8. The summed E-state index contributed by atoms with van der Waals surface area (Å²) in [6.07, 6.45) is 1.19. The molecule has 0 bridgehead atoms. The van der Waals surface area contributed by atoms with Crippen LogP contribution in [0, 0.1) is 0 Å². The number of benzene rings is 2. The summed E-state index contributed by atoms with van der Waals surface area (Å²) in [6.45, 7) is 6.47. The van der Waals surface area contributed by atoms with Crippen LogP contribution in [0.2, 0.25) is 0 Å². The zero-order valence-corrected chi connectivity index (χ0v) is 17.8. The van der Waals surface area contributed by atoms with Crippen LogP contribution in [0.3, 0.4) is 0 Å². The number of aromatic nitrogens is 2. The number of nitrogens with zero attached hydrogens (tertiary/aromatic N) is 1. The van der Waals surface area contributed by atoms with Gasteiger partial charge in [0, 0.05) is 11.4 Å². The lowest BCUT2D eigenvalue weighted by molar-refractivity contribution is 0.102. The summed E-state index contributed by atoms with van der Waals surface area (Å²) in [5, 5.41) is 8.58. The van der Waals surface area contributed by atoms with E-state index in [0.717, 1.165) is 5.56 Å². The number of hydrogen-bond acceptors (Lipinski definition) is 5. The van der Waals surface area contributed by atoms with Crippen molar-refractivity contribution in [3.63, 3.8) is 0 Å². The highest BCUT2D eigenvalue weighted by Gasteiger charge is 2.25. The van der Waals surface area contributed by atoms with Crippen LogP contribution in [0.15, 0.2) is 59.8 Å². The number of aromatic amines is 1. The second-order valence-electron chi connectivity index (χ2n) is 6.91. The second kappa shape index (κ2) is 9.00. The van der Waals surface area contributed by atoms with Gasteiger partial charge in [0.25, 0.3) is 15.9 Å². The van der Waals surface area contributed by atoms with Gasteiger partial charge < -0.3 is 10.1 Å². The van der Waals surface area contributed by atoms with Crippen molar-refractivity contribution >= 4 is 27.3 Å². The Morgan fingerprint density at radius 1 is 1.13 bits per heavy atom. The Labute approximate surface area is 175 Å². The SMILES string of the molecule is CCOc1ccc(NS(=O)(=O)c2[nH]ncc2C(=O)Nc2cccc(C(C)C)c2)cc1. The molecule has 0 saturated heterocycles. The van der Waals surface area contributed by atoms with E-state index in [-0.39, 0.29) is 10.6 Å². The Kier molecular flexibility index (Phi) is 6.41. The second-order valence-corrected chi connectivity index (χ2v) is 8.53. The Morgan fingerprint density at radius 3 is 2.53 bits per heavy atom. The van der Waals surface area contributed by atoms with Gasteiger partial charge in [-0.25, -0.2) is 0 Å². The van der Waals surface area contributed by atoms with E-state index in [4.69, 9.17) is 4.74 Å². The summed E-state index contributed by atoms with van der Waals surface area (Å²) in [4.78, 5) is 12.7. The van der Waals surface area contributed by atoms with E-state index in [2.05, 4.69) is 20.2 Å². The maximum Gasteiger partial charge on any atom is 0.279 e. The van der Waals surface area contributed by atoms with Gasteiger partial charge in [-0.1, -0.05) is 26.0 Å². The van der Waals surface area contributed by atoms with Crippen molar-refractivity contribution in [3.8, 4) is 5.75 Å². The highest BCUT2D eigenvalue weighted by Crippen LogP contribution is 2.22. The van der Waals surface area contributed by atoms with E-state index in [1.165, 1.54) is 6.20 Å². The molecule has 9 heteroatoms. The molecule has 0 aliphatic rings. The highest BCUT2D eigenvalue weighted by atomic mass is 32.2. The minimum absolute atomic E-state index is 0.0802. The molecule has 0 unspecified atom stereocenters. The molecular weight excluding hydrogens is 404 g/mol. The quantitative estimate of drug-likeness (QED) is 0.502. The molecule has 3 aromatic rings. The standard InChI is InChI=1S/C21H24N4O4S/c1-4-29-18-10-8-16(9-11-18)25-30(27,28)21-19(13-22-24-21)20(26)23-17-7-5-6-15(12-17)14(2)3/h5-14,25H,4H2,1-3H3,(H,22,24)(H,23,26). The molecule has 30 heavy (non-hydrogen) atoms. The molecule has 0 fully saturated rings. The first-order valence-corrected chi connectivity index (χ1v) is 11.0. The lowest BCUT2D eigenvalue weighted by atomic mass is 10.0. The van der Waals surface area contributed by atoms with Crippen molar-refractivity contribution in [1.29, 1.82) is 0 Å². The fraction of sp³-hybridized carbons (Fsp3) is 0.238. The Bertz CT molecular complexity index is 1120. The predicted octanol–water partition coefficient (Wildman–Crippen LogP) is 3.98. The van der Waals surface area contributed by atoms with Crippen molar-refractivity contribution in [1.82, 2.24) is 10.2 Å². The van der Waals surface area contributed by atoms with Crippen LogP contribution in [0.25, 0.3) is 0 Å². The minimum atomic E-state index is -4.05. The van der Waals surface area contributed by atoms with Crippen molar-refractivity contribution < 1.29 is 17.9 Å². The number of carbonyl (C=O) groups excluding carboxylic acids is 1. The van der Waals surface area contributed by atoms with E-state index >= 15 is 0 Å². The molecule has 0 aliphatic carbocycles. The molecule has 0 saturated carbocycles. The minimum Gasteiger partial charge on any atom is -0.494 e. The van der Waals surface area contributed by atoms with Crippen LogP contribution in [-0.2, 0) is 10.0 Å². The molecule has 158 valence electrons. The van der Waals surface area contributed by atoms with Crippen molar-refractivity contribution in [2.75, 3.05) is 16.6 Å². The summed E-state index contributed by atoms with van der Waals surface area (Å²) >= 11 is 0. The number of sulfonamides is 1. The van der Waals surface area contributed by atoms with Crippen LogP contribution in [-0.4, -0.2) is 31.1 Å². The Balaban J connectivity index is 1.79. The maximum absolute atomic E-state index is 12.8. The van der Waals surface area contributed by atoms with Gasteiger partial charge in [-0.05, 0) is 54.8 Å². The average Bonchev–Trinajstić information content (AvgIpc) is 3.21. The third-order valence-electron chi connectivity index (χ3n) is 4.35. The normalized spacial score (nSPS) is 11.3. The van der Waals surface area contributed by atoms with Gasteiger partial charge >= 0.3 is 0 Å². The lowest BCUT2D eigenvalue weighted by Crippen LogP contribution is -2.19. The summed E-state index contributed by atoms with van der Waals surface area (Å²) in [6, 6.07) is 13.9. The molecule has 1 aromatic heterocycles. The molecule has 0 atom stereocenters. The monoisotopic (exact) mass is 428 g/mol. The van der Waals surface area contributed by atoms with Crippen molar-refractivity contribution in [2.45, 2.75) is 31.7 Å². The zero-order chi connectivity index (χ0) is 21.7. The smallest absolute Gasteiger partial charge is 0.279 e. The molecule has 1 amide bonds. The zero-order valence-electron chi connectivity index (χ0n) is 17.0. The van der Waals surface area contributed by atoms with Gasteiger partial charge in [-0.2, -0.15) is 13.5 Å². The van der Waals surface area contributed by atoms with Crippen LogP contribution < -0.4 is 14.8 Å². The fourth-order valence-electron chi connectivity index (χ4n) is 2.81. The van der Waals surface area contributed by atoms with Gasteiger partial charge in [0.2, 0.25) is 0 Å². The molecule has 0 radical (unpaired) electrons. The molecule has 1 heterocycles. The summed E-state index contributed by atoms with van der Waals surface area (Å²) < 4.78 is 33.4. The predicted molar refractivity (Wildman–Crippen MR) is 115 cm³/mol. The first kappa shape index (κ1) is 21.4. The number of H-pyrrole nitrogens is 1. The van der Waals surface area contributed by atoms with E-state index in [1.807, 2.05) is 39.0 Å². The molecule has 3 rings (SSSR count). The van der Waals surface area contributed by atoms with E-state index < -0.39 is 15.9 Å².